The molecule has 0 radical (unpaired) electrons. The molecule has 2 bridgehead atoms. The number of rotatable bonds is 3. The van der Waals surface area contributed by atoms with Crippen molar-refractivity contribution < 1.29 is 19.1 Å². The second-order valence-corrected chi connectivity index (χ2v) is 10.5. The van der Waals surface area contributed by atoms with E-state index in [1.165, 1.54) is 5.69 Å². The van der Waals surface area contributed by atoms with E-state index in [2.05, 4.69) is 33.7 Å². The molecule has 4 aliphatic heterocycles. The van der Waals surface area contributed by atoms with Gasteiger partial charge in [0.05, 0.1) is 26.4 Å². The van der Waals surface area contributed by atoms with Gasteiger partial charge in [-0.1, -0.05) is 0 Å². The fraction of sp³-hybridized carbons (Fsp3) is 0.704. The van der Waals surface area contributed by atoms with E-state index in [1.54, 1.807) is 0 Å². The maximum Gasteiger partial charge on any atom is 0.236 e. The Morgan fingerprint density at radius 3 is 2.61 bits per heavy atom. The number of piperidine rings is 1. The Morgan fingerprint density at radius 2 is 1.78 bits per heavy atom. The van der Waals surface area contributed by atoms with Crippen LogP contribution < -0.4 is 20.3 Å². The van der Waals surface area contributed by atoms with Crippen molar-refractivity contribution in [3.05, 3.63) is 23.8 Å². The molecule has 9 nitrogen and oxygen atoms in total. The highest BCUT2D eigenvalue weighted by Gasteiger charge is 2.33. The van der Waals surface area contributed by atoms with Gasteiger partial charge in [-0.05, 0) is 49.3 Å². The van der Waals surface area contributed by atoms with Gasteiger partial charge < -0.3 is 34.8 Å². The Labute approximate surface area is 214 Å². The van der Waals surface area contributed by atoms with E-state index in [4.69, 9.17) is 9.47 Å². The summed E-state index contributed by atoms with van der Waals surface area (Å²) in [5.74, 6) is 1.93. The largest absolute Gasteiger partial charge is 0.493 e. The lowest BCUT2D eigenvalue weighted by molar-refractivity contribution is -0.138. The number of anilines is 1. The van der Waals surface area contributed by atoms with Crippen molar-refractivity contribution >= 4 is 17.5 Å². The summed E-state index contributed by atoms with van der Waals surface area (Å²) in [6.07, 6.45) is 3.35. The van der Waals surface area contributed by atoms with Crippen LogP contribution in [-0.2, 0) is 20.9 Å². The number of piperazine rings is 1. The molecule has 2 amide bonds. The zero-order valence-corrected chi connectivity index (χ0v) is 21.4. The lowest BCUT2D eigenvalue weighted by Gasteiger charge is -2.39. The Kier molecular flexibility index (Phi) is 8.61. The van der Waals surface area contributed by atoms with Gasteiger partial charge in [-0.2, -0.15) is 0 Å². The number of amides is 2. The topological polar surface area (TPSA) is 86.4 Å². The van der Waals surface area contributed by atoms with E-state index in [0.29, 0.717) is 64.3 Å². The number of nitrogens with zero attached hydrogens (tertiary/aromatic N) is 3. The molecule has 0 aromatic heterocycles. The summed E-state index contributed by atoms with van der Waals surface area (Å²) in [5.41, 5.74) is 2.31. The van der Waals surface area contributed by atoms with E-state index in [-0.39, 0.29) is 11.8 Å². The predicted molar refractivity (Wildman–Crippen MR) is 138 cm³/mol. The summed E-state index contributed by atoms with van der Waals surface area (Å²) in [4.78, 5) is 32.3. The minimum absolute atomic E-state index is 0.151. The molecule has 5 rings (SSSR count). The Bertz CT molecular complexity index is 900. The van der Waals surface area contributed by atoms with Crippen LogP contribution in [0.2, 0.25) is 0 Å². The number of fused-ring (bicyclic) bond motifs is 3. The SMILES string of the molecule is O=C(C[C@@H]1CCN2C[C@@H]1CCCOc1ccc(N3CCNCC3)cc1CNCC2=O)N1CCOCC1. The molecule has 4 aliphatic rings. The minimum atomic E-state index is 0.151. The molecule has 9 heteroatoms. The monoisotopic (exact) mass is 499 g/mol. The van der Waals surface area contributed by atoms with E-state index in [9.17, 15) is 9.59 Å². The summed E-state index contributed by atoms with van der Waals surface area (Å²) in [6, 6.07) is 6.45. The number of benzene rings is 1. The van der Waals surface area contributed by atoms with Gasteiger partial charge in [0.2, 0.25) is 11.8 Å². The highest BCUT2D eigenvalue weighted by atomic mass is 16.5. The standard InChI is InChI=1S/C27H41N5O4/c33-26(31-11-14-35-15-12-31)17-21-5-8-32-20-22(21)2-1-13-36-25-4-3-24(30-9-6-28-7-10-30)16-23(25)18-29-19-27(32)34/h3-4,16,21-22,28-29H,1-2,5-15,17-20H2/t21-,22-/m0/s1. The third-order valence-corrected chi connectivity index (χ3v) is 8.14. The second-order valence-electron chi connectivity index (χ2n) is 10.5. The smallest absolute Gasteiger partial charge is 0.236 e. The summed E-state index contributed by atoms with van der Waals surface area (Å²) in [5, 5.41) is 6.78. The third-order valence-electron chi connectivity index (χ3n) is 8.14. The Balaban J connectivity index is 1.24. The number of hydrogen-bond acceptors (Lipinski definition) is 7. The van der Waals surface area contributed by atoms with Crippen LogP contribution in [0, 0.1) is 11.8 Å². The predicted octanol–water partition coefficient (Wildman–Crippen LogP) is 1.07. The van der Waals surface area contributed by atoms with Gasteiger partial charge in [0, 0.05) is 76.6 Å². The first-order valence-corrected chi connectivity index (χ1v) is 13.7. The first kappa shape index (κ1) is 25.3. The van der Waals surface area contributed by atoms with Gasteiger partial charge in [-0.15, -0.1) is 0 Å². The van der Waals surface area contributed by atoms with Crippen molar-refractivity contribution in [2.45, 2.75) is 32.2 Å². The van der Waals surface area contributed by atoms with Crippen LogP contribution in [0.25, 0.3) is 0 Å². The number of ether oxygens (including phenoxy) is 2. The molecule has 1 aromatic rings. The summed E-state index contributed by atoms with van der Waals surface area (Å²) in [7, 11) is 0. The van der Waals surface area contributed by atoms with Crippen LogP contribution >= 0.6 is 0 Å². The number of morpholine rings is 1. The molecule has 0 unspecified atom stereocenters. The molecule has 36 heavy (non-hydrogen) atoms. The van der Waals surface area contributed by atoms with Crippen LogP contribution in [0.3, 0.4) is 0 Å². The second kappa shape index (κ2) is 12.3. The summed E-state index contributed by atoms with van der Waals surface area (Å²) >= 11 is 0. The van der Waals surface area contributed by atoms with Gasteiger partial charge in [-0.3, -0.25) is 9.59 Å². The average Bonchev–Trinajstić information content (AvgIpc) is 2.93. The number of nitrogens with one attached hydrogen (secondary N) is 2. The summed E-state index contributed by atoms with van der Waals surface area (Å²) in [6.45, 7) is 9.67. The van der Waals surface area contributed by atoms with Gasteiger partial charge in [-0.25, -0.2) is 0 Å². The van der Waals surface area contributed by atoms with Gasteiger partial charge in [0.15, 0.2) is 0 Å². The van der Waals surface area contributed by atoms with E-state index < -0.39 is 0 Å². The van der Waals surface area contributed by atoms with Crippen LogP contribution in [0.1, 0.15) is 31.2 Å². The first-order valence-electron chi connectivity index (χ1n) is 13.7. The van der Waals surface area contributed by atoms with Crippen LogP contribution in [0.5, 0.6) is 5.75 Å². The Hall–Kier alpha value is -2.36. The molecule has 0 aliphatic carbocycles. The normalized spacial score (nSPS) is 26.2. The highest BCUT2D eigenvalue weighted by molar-refractivity contribution is 5.79. The quantitative estimate of drug-likeness (QED) is 0.644. The van der Waals surface area contributed by atoms with Crippen molar-refractivity contribution in [1.29, 1.82) is 0 Å². The molecule has 1 aromatic carbocycles. The van der Waals surface area contributed by atoms with Crippen molar-refractivity contribution in [2.75, 3.05) is 83.6 Å². The van der Waals surface area contributed by atoms with Gasteiger partial charge in [0.25, 0.3) is 0 Å². The van der Waals surface area contributed by atoms with Crippen molar-refractivity contribution in [1.82, 2.24) is 20.4 Å². The zero-order valence-electron chi connectivity index (χ0n) is 21.4. The minimum Gasteiger partial charge on any atom is -0.493 e. The van der Waals surface area contributed by atoms with E-state index >= 15 is 0 Å². The molecule has 3 fully saturated rings. The maximum atomic E-state index is 13.1. The zero-order chi connectivity index (χ0) is 24.7. The Morgan fingerprint density at radius 1 is 0.944 bits per heavy atom. The third kappa shape index (κ3) is 6.30. The molecule has 3 saturated heterocycles. The molecule has 0 spiro atoms. The van der Waals surface area contributed by atoms with Gasteiger partial charge in [0.1, 0.15) is 5.75 Å². The average molecular weight is 500 g/mol. The van der Waals surface area contributed by atoms with Crippen LogP contribution in [0.4, 0.5) is 5.69 Å². The maximum absolute atomic E-state index is 13.1. The van der Waals surface area contributed by atoms with Crippen molar-refractivity contribution in [3.8, 4) is 5.75 Å². The molecule has 0 saturated carbocycles. The van der Waals surface area contributed by atoms with Crippen LogP contribution in [0.15, 0.2) is 18.2 Å². The number of hydrogen-bond donors (Lipinski definition) is 2. The molecular weight excluding hydrogens is 458 g/mol. The summed E-state index contributed by atoms with van der Waals surface area (Å²) < 4.78 is 11.7. The lowest BCUT2D eigenvalue weighted by atomic mass is 9.80. The number of carbonyl (C=O) groups is 2. The molecule has 198 valence electrons. The highest BCUT2D eigenvalue weighted by Crippen LogP contribution is 2.32. The molecule has 2 atom stereocenters. The van der Waals surface area contributed by atoms with E-state index in [0.717, 1.165) is 69.8 Å². The fourth-order valence-corrected chi connectivity index (χ4v) is 5.98. The van der Waals surface area contributed by atoms with Crippen molar-refractivity contribution in [3.63, 3.8) is 0 Å². The lowest BCUT2D eigenvalue weighted by Crippen LogP contribution is -2.48. The number of carbonyl (C=O) groups excluding carboxylic acids is 2. The molecule has 2 N–H and O–H groups in total. The molecule has 4 heterocycles. The molecular formula is C27H41N5O4. The van der Waals surface area contributed by atoms with E-state index in [1.807, 2.05) is 9.80 Å². The fourth-order valence-electron chi connectivity index (χ4n) is 5.98. The van der Waals surface area contributed by atoms with Crippen LogP contribution in [-0.4, -0.2) is 100 Å². The first-order chi connectivity index (χ1) is 17.7. The van der Waals surface area contributed by atoms with Gasteiger partial charge >= 0.3 is 0 Å². The van der Waals surface area contributed by atoms with Crippen molar-refractivity contribution in [2.24, 2.45) is 11.8 Å².